The molecule has 0 fully saturated rings. The Hall–Kier alpha value is -1.69. The van der Waals surface area contributed by atoms with E-state index in [1.807, 2.05) is 0 Å². The van der Waals surface area contributed by atoms with Crippen molar-refractivity contribution in [2.45, 2.75) is 13.3 Å². The minimum absolute atomic E-state index is 0.307. The number of nitrogens with zero attached hydrogens (tertiary/aromatic N) is 2. The highest BCUT2D eigenvalue weighted by Crippen LogP contribution is 2.25. The number of hydrogen-bond acceptors (Lipinski definition) is 4. The molecular formula is C13H14BrFN4. The SMILES string of the molecule is CCCNc1cncc(Nc2cc(F)ccc2Br)n1. The average molecular weight is 325 g/mol. The van der Waals surface area contributed by atoms with E-state index in [0.717, 1.165) is 17.4 Å². The molecule has 1 aromatic carbocycles. The number of nitrogens with one attached hydrogen (secondary N) is 2. The second-order valence-electron chi connectivity index (χ2n) is 3.97. The van der Waals surface area contributed by atoms with Crippen molar-refractivity contribution < 1.29 is 4.39 Å². The lowest BCUT2D eigenvalue weighted by Gasteiger charge is -2.09. The van der Waals surface area contributed by atoms with Crippen LogP contribution in [-0.4, -0.2) is 16.5 Å². The van der Waals surface area contributed by atoms with Gasteiger partial charge in [-0.05, 0) is 40.5 Å². The summed E-state index contributed by atoms with van der Waals surface area (Å²) in [6.45, 7) is 2.91. The van der Waals surface area contributed by atoms with Gasteiger partial charge < -0.3 is 10.6 Å². The average Bonchev–Trinajstić information content (AvgIpc) is 2.41. The van der Waals surface area contributed by atoms with Gasteiger partial charge in [0, 0.05) is 11.0 Å². The first-order valence-electron chi connectivity index (χ1n) is 5.97. The van der Waals surface area contributed by atoms with E-state index < -0.39 is 0 Å². The van der Waals surface area contributed by atoms with Gasteiger partial charge in [0.1, 0.15) is 11.6 Å². The zero-order valence-corrected chi connectivity index (χ0v) is 12.0. The molecule has 2 rings (SSSR count). The van der Waals surface area contributed by atoms with Crippen LogP contribution in [0.25, 0.3) is 0 Å². The van der Waals surface area contributed by atoms with Crippen molar-refractivity contribution in [3.63, 3.8) is 0 Å². The fourth-order valence-electron chi connectivity index (χ4n) is 1.50. The largest absolute Gasteiger partial charge is 0.369 e. The van der Waals surface area contributed by atoms with Crippen LogP contribution in [0, 0.1) is 5.82 Å². The van der Waals surface area contributed by atoms with Gasteiger partial charge in [-0.2, -0.15) is 0 Å². The smallest absolute Gasteiger partial charge is 0.151 e. The number of aromatic nitrogens is 2. The van der Waals surface area contributed by atoms with Crippen molar-refractivity contribution in [2.24, 2.45) is 0 Å². The zero-order valence-electron chi connectivity index (χ0n) is 10.5. The Balaban J connectivity index is 2.16. The number of anilines is 3. The maximum atomic E-state index is 13.2. The summed E-state index contributed by atoms with van der Waals surface area (Å²) >= 11 is 3.36. The molecule has 4 nitrogen and oxygen atoms in total. The predicted octanol–water partition coefficient (Wildman–Crippen LogP) is 3.94. The summed E-state index contributed by atoms with van der Waals surface area (Å²) in [5.41, 5.74) is 0.613. The molecule has 100 valence electrons. The minimum Gasteiger partial charge on any atom is -0.369 e. The van der Waals surface area contributed by atoms with Crippen LogP contribution in [0.4, 0.5) is 21.7 Å². The Morgan fingerprint density at radius 1 is 1.26 bits per heavy atom. The van der Waals surface area contributed by atoms with Crippen LogP contribution in [0.3, 0.4) is 0 Å². The molecule has 0 radical (unpaired) electrons. The highest BCUT2D eigenvalue weighted by atomic mass is 79.9. The lowest BCUT2D eigenvalue weighted by molar-refractivity contribution is 0.628. The van der Waals surface area contributed by atoms with E-state index in [9.17, 15) is 4.39 Å². The third kappa shape index (κ3) is 3.89. The van der Waals surface area contributed by atoms with Gasteiger partial charge in [0.25, 0.3) is 0 Å². The number of rotatable bonds is 5. The van der Waals surface area contributed by atoms with Crippen LogP contribution in [0.5, 0.6) is 0 Å². The van der Waals surface area contributed by atoms with E-state index in [2.05, 4.69) is 43.5 Å². The minimum atomic E-state index is -0.307. The summed E-state index contributed by atoms with van der Waals surface area (Å²) < 4.78 is 14.0. The molecule has 19 heavy (non-hydrogen) atoms. The molecule has 2 N–H and O–H groups in total. The van der Waals surface area contributed by atoms with Gasteiger partial charge in [-0.3, -0.25) is 4.98 Å². The van der Waals surface area contributed by atoms with Crippen molar-refractivity contribution in [3.8, 4) is 0 Å². The van der Waals surface area contributed by atoms with Crippen molar-refractivity contribution in [1.29, 1.82) is 0 Å². The number of halogens is 2. The quantitative estimate of drug-likeness (QED) is 0.874. The van der Waals surface area contributed by atoms with Crippen molar-refractivity contribution >= 4 is 33.3 Å². The van der Waals surface area contributed by atoms with Crippen molar-refractivity contribution in [1.82, 2.24) is 9.97 Å². The van der Waals surface area contributed by atoms with Crippen LogP contribution in [-0.2, 0) is 0 Å². The van der Waals surface area contributed by atoms with E-state index >= 15 is 0 Å². The Morgan fingerprint density at radius 2 is 2.05 bits per heavy atom. The second kappa shape index (κ2) is 6.47. The molecular weight excluding hydrogens is 311 g/mol. The predicted molar refractivity (Wildman–Crippen MR) is 78.2 cm³/mol. The molecule has 0 aliphatic heterocycles. The molecule has 0 amide bonds. The van der Waals surface area contributed by atoms with Crippen molar-refractivity contribution in [2.75, 3.05) is 17.2 Å². The molecule has 0 aliphatic rings. The molecule has 0 unspecified atom stereocenters. The standard InChI is InChI=1S/C13H14BrFN4/c1-2-5-17-12-7-16-8-13(19-12)18-11-6-9(15)3-4-10(11)14/h3-4,6-8H,2,5H2,1H3,(H2,17,18,19). The van der Waals surface area contributed by atoms with Gasteiger partial charge in [-0.25, -0.2) is 9.37 Å². The molecule has 0 spiro atoms. The molecule has 0 atom stereocenters. The Morgan fingerprint density at radius 3 is 2.84 bits per heavy atom. The first-order chi connectivity index (χ1) is 9.19. The molecule has 2 aromatic rings. The normalized spacial score (nSPS) is 10.3. The lowest BCUT2D eigenvalue weighted by atomic mass is 10.3. The topological polar surface area (TPSA) is 49.8 Å². The Bertz CT molecular complexity index is 562. The van der Waals surface area contributed by atoms with Crippen LogP contribution in [0.1, 0.15) is 13.3 Å². The van der Waals surface area contributed by atoms with Crippen LogP contribution in [0.15, 0.2) is 35.1 Å². The van der Waals surface area contributed by atoms with Crippen molar-refractivity contribution in [3.05, 3.63) is 40.9 Å². The summed E-state index contributed by atoms with van der Waals surface area (Å²) in [5, 5.41) is 6.18. The summed E-state index contributed by atoms with van der Waals surface area (Å²) in [4.78, 5) is 8.44. The second-order valence-corrected chi connectivity index (χ2v) is 4.82. The van der Waals surface area contributed by atoms with Gasteiger partial charge in [0.2, 0.25) is 0 Å². The highest BCUT2D eigenvalue weighted by Gasteiger charge is 2.04. The maximum Gasteiger partial charge on any atom is 0.151 e. The van der Waals surface area contributed by atoms with Gasteiger partial charge in [-0.15, -0.1) is 0 Å². The third-order valence-corrected chi connectivity index (χ3v) is 3.07. The van der Waals surface area contributed by atoms with Gasteiger partial charge in [0.05, 0.1) is 18.1 Å². The summed E-state index contributed by atoms with van der Waals surface area (Å²) in [6.07, 6.45) is 4.25. The zero-order chi connectivity index (χ0) is 13.7. The number of benzene rings is 1. The number of hydrogen-bond donors (Lipinski definition) is 2. The molecule has 0 saturated heterocycles. The van der Waals surface area contributed by atoms with E-state index in [-0.39, 0.29) is 5.82 Å². The lowest BCUT2D eigenvalue weighted by Crippen LogP contribution is -2.04. The van der Waals surface area contributed by atoms with Crippen LogP contribution < -0.4 is 10.6 Å². The highest BCUT2D eigenvalue weighted by molar-refractivity contribution is 9.10. The molecule has 6 heteroatoms. The molecule has 0 bridgehead atoms. The van der Waals surface area contributed by atoms with E-state index in [1.165, 1.54) is 12.1 Å². The maximum absolute atomic E-state index is 13.2. The first-order valence-corrected chi connectivity index (χ1v) is 6.76. The van der Waals surface area contributed by atoms with Crippen LogP contribution >= 0.6 is 15.9 Å². The molecule has 0 aliphatic carbocycles. The van der Waals surface area contributed by atoms with E-state index in [1.54, 1.807) is 18.5 Å². The van der Waals surface area contributed by atoms with Gasteiger partial charge in [-0.1, -0.05) is 6.92 Å². The fraction of sp³-hybridized carbons (Fsp3) is 0.231. The summed E-state index contributed by atoms with van der Waals surface area (Å²) in [7, 11) is 0. The van der Waals surface area contributed by atoms with E-state index in [0.29, 0.717) is 17.3 Å². The molecule has 0 saturated carbocycles. The summed E-state index contributed by atoms with van der Waals surface area (Å²) in [6, 6.07) is 4.43. The van der Waals surface area contributed by atoms with Crippen LogP contribution in [0.2, 0.25) is 0 Å². The van der Waals surface area contributed by atoms with Gasteiger partial charge >= 0.3 is 0 Å². The Labute approximate surface area is 119 Å². The molecule has 1 aromatic heterocycles. The third-order valence-electron chi connectivity index (χ3n) is 2.38. The fourth-order valence-corrected chi connectivity index (χ4v) is 1.84. The monoisotopic (exact) mass is 324 g/mol. The molecule has 1 heterocycles. The van der Waals surface area contributed by atoms with E-state index in [4.69, 9.17) is 0 Å². The van der Waals surface area contributed by atoms with Gasteiger partial charge in [0.15, 0.2) is 5.82 Å². The summed E-state index contributed by atoms with van der Waals surface area (Å²) in [5.74, 6) is 0.950. The Kier molecular flexibility index (Phi) is 4.68. The first kappa shape index (κ1) is 13.7.